The maximum absolute atomic E-state index is 13.1. The van der Waals surface area contributed by atoms with Crippen molar-refractivity contribution < 1.29 is 13.5 Å². The minimum absolute atomic E-state index is 0.265. The summed E-state index contributed by atoms with van der Waals surface area (Å²) >= 11 is 0. The number of aromatic nitrogens is 1. The predicted molar refractivity (Wildman–Crippen MR) is 55.0 cm³/mol. The molecule has 4 heteroatoms. The van der Waals surface area contributed by atoms with E-state index in [9.17, 15) is 8.78 Å². The Morgan fingerprint density at radius 3 is 2.62 bits per heavy atom. The lowest BCUT2D eigenvalue weighted by Gasteiger charge is -2.08. The van der Waals surface area contributed by atoms with E-state index in [-0.39, 0.29) is 5.75 Å². The monoisotopic (exact) mass is 220 g/mol. The zero-order valence-corrected chi connectivity index (χ0v) is 8.50. The topological polar surface area (TPSA) is 22.1 Å². The number of benzene rings is 1. The van der Waals surface area contributed by atoms with E-state index in [4.69, 9.17) is 4.74 Å². The summed E-state index contributed by atoms with van der Waals surface area (Å²) in [6.45, 7) is 0. The number of pyridine rings is 1. The van der Waals surface area contributed by atoms with Crippen molar-refractivity contribution >= 4 is 0 Å². The van der Waals surface area contributed by atoms with Crippen LogP contribution in [-0.4, -0.2) is 12.1 Å². The number of halogens is 2. The van der Waals surface area contributed by atoms with Gasteiger partial charge in [0.05, 0.1) is 7.11 Å². The van der Waals surface area contributed by atoms with Crippen LogP contribution in [-0.2, 0) is 0 Å². The average molecular weight is 220 g/mol. The van der Waals surface area contributed by atoms with Gasteiger partial charge in [0.1, 0.15) is 5.75 Å². The van der Waals surface area contributed by atoms with Crippen molar-refractivity contribution in [3.63, 3.8) is 0 Å². The fourth-order valence-electron chi connectivity index (χ4n) is 1.39. The first-order chi connectivity index (χ1) is 7.72. The molecule has 0 fully saturated rings. The van der Waals surface area contributed by atoms with Gasteiger partial charge in [-0.05, 0) is 17.7 Å². The van der Waals surface area contributed by atoms with Crippen molar-refractivity contribution in [2.75, 3.05) is 7.11 Å². The molecule has 1 radical (unpaired) electrons. The van der Waals surface area contributed by atoms with Gasteiger partial charge in [-0.3, -0.25) is 4.98 Å². The first kappa shape index (κ1) is 10.5. The SMILES string of the molecule is COc1cc(F)c(F)cc1-c1[c]cncc1. The van der Waals surface area contributed by atoms with Crippen molar-refractivity contribution in [3.8, 4) is 16.9 Å². The average Bonchev–Trinajstić information content (AvgIpc) is 2.33. The molecule has 16 heavy (non-hydrogen) atoms. The number of hydrogen-bond acceptors (Lipinski definition) is 2. The summed E-state index contributed by atoms with van der Waals surface area (Å²) in [6, 6.07) is 6.57. The molecule has 2 aromatic rings. The summed E-state index contributed by atoms with van der Waals surface area (Å²) in [5.41, 5.74) is 1.05. The minimum atomic E-state index is -0.936. The van der Waals surface area contributed by atoms with E-state index < -0.39 is 11.6 Å². The zero-order valence-electron chi connectivity index (χ0n) is 8.50. The van der Waals surface area contributed by atoms with E-state index >= 15 is 0 Å². The molecule has 0 saturated heterocycles. The van der Waals surface area contributed by atoms with Crippen LogP contribution in [0.2, 0.25) is 0 Å². The molecule has 1 heterocycles. The highest BCUT2D eigenvalue weighted by molar-refractivity contribution is 5.69. The summed E-state index contributed by atoms with van der Waals surface area (Å²) in [5.74, 6) is -1.59. The molecular weight excluding hydrogens is 212 g/mol. The molecule has 0 aliphatic heterocycles. The lowest BCUT2D eigenvalue weighted by Crippen LogP contribution is -1.93. The Balaban J connectivity index is 2.60. The summed E-state index contributed by atoms with van der Waals surface area (Å²) in [6.07, 6.45) is 3.00. The Labute approximate surface area is 91.5 Å². The first-order valence-electron chi connectivity index (χ1n) is 4.57. The number of rotatable bonds is 2. The molecular formula is C12H8F2NO. The van der Waals surface area contributed by atoms with Crippen molar-refractivity contribution in [1.82, 2.24) is 4.98 Å². The van der Waals surface area contributed by atoms with Crippen molar-refractivity contribution in [1.29, 1.82) is 0 Å². The number of methoxy groups -OCH3 is 1. The van der Waals surface area contributed by atoms with Crippen LogP contribution >= 0.6 is 0 Å². The molecule has 0 aliphatic rings. The fourth-order valence-corrected chi connectivity index (χ4v) is 1.39. The van der Waals surface area contributed by atoms with Crippen molar-refractivity contribution in [2.45, 2.75) is 0 Å². The summed E-state index contributed by atoms with van der Waals surface area (Å²) < 4.78 is 31.1. The van der Waals surface area contributed by atoms with Crippen LogP contribution in [0.3, 0.4) is 0 Å². The zero-order chi connectivity index (χ0) is 11.5. The molecule has 2 nitrogen and oxygen atoms in total. The Morgan fingerprint density at radius 1 is 1.25 bits per heavy atom. The second kappa shape index (κ2) is 4.26. The van der Waals surface area contributed by atoms with Gasteiger partial charge in [-0.2, -0.15) is 0 Å². The lowest BCUT2D eigenvalue weighted by atomic mass is 10.1. The van der Waals surface area contributed by atoms with Gasteiger partial charge in [0.15, 0.2) is 11.6 Å². The highest BCUT2D eigenvalue weighted by Crippen LogP contribution is 2.31. The molecule has 1 aromatic carbocycles. The van der Waals surface area contributed by atoms with Gasteiger partial charge in [-0.1, -0.05) is 0 Å². The highest BCUT2D eigenvalue weighted by Gasteiger charge is 2.11. The number of ether oxygens (including phenoxy) is 1. The van der Waals surface area contributed by atoms with Crippen LogP contribution in [0.15, 0.2) is 30.6 Å². The predicted octanol–water partition coefficient (Wildman–Crippen LogP) is 2.84. The van der Waals surface area contributed by atoms with Gasteiger partial charge in [-0.15, -0.1) is 0 Å². The van der Waals surface area contributed by atoms with E-state index in [1.54, 1.807) is 12.3 Å². The van der Waals surface area contributed by atoms with Crippen LogP contribution < -0.4 is 4.74 Å². The highest BCUT2D eigenvalue weighted by atomic mass is 19.2. The maximum Gasteiger partial charge on any atom is 0.162 e. The van der Waals surface area contributed by atoms with Gasteiger partial charge in [0.25, 0.3) is 0 Å². The minimum Gasteiger partial charge on any atom is -0.496 e. The third-order valence-electron chi connectivity index (χ3n) is 2.15. The second-order valence-corrected chi connectivity index (χ2v) is 3.12. The quantitative estimate of drug-likeness (QED) is 0.776. The molecule has 0 N–H and O–H groups in total. The summed E-state index contributed by atoms with van der Waals surface area (Å²) in [4.78, 5) is 3.80. The Bertz CT molecular complexity index is 500. The van der Waals surface area contributed by atoms with E-state index in [1.807, 2.05) is 0 Å². The molecule has 0 unspecified atom stereocenters. The Kier molecular flexibility index (Phi) is 2.81. The van der Waals surface area contributed by atoms with E-state index in [0.717, 1.165) is 12.1 Å². The molecule has 1 aromatic heterocycles. The van der Waals surface area contributed by atoms with Crippen LogP contribution in [0.4, 0.5) is 8.78 Å². The van der Waals surface area contributed by atoms with Crippen LogP contribution in [0, 0.1) is 17.7 Å². The smallest absolute Gasteiger partial charge is 0.162 e. The maximum atomic E-state index is 13.1. The van der Waals surface area contributed by atoms with Crippen LogP contribution in [0.25, 0.3) is 11.1 Å². The molecule has 0 saturated carbocycles. The van der Waals surface area contributed by atoms with Gasteiger partial charge in [-0.25, -0.2) is 8.78 Å². The van der Waals surface area contributed by atoms with E-state index in [2.05, 4.69) is 11.1 Å². The first-order valence-corrected chi connectivity index (χ1v) is 4.57. The van der Waals surface area contributed by atoms with E-state index in [0.29, 0.717) is 11.1 Å². The number of nitrogens with zero attached hydrogens (tertiary/aromatic N) is 1. The van der Waals surface area contributed by atoms with Crippen molar-refractivity contribution in [3.05, 3.63) is 48.3 Å². The summed E-state index contributed by atoms with van der Waals surface area (Å²) in [5, 5.41) is 0. The van der Waals surface area contributed by atoms with Crippen LogP contribution in [0.5, 0.6) is 5.75 Å². The molecule has 2 rings (SSSR count). The largest absolute Gasteiger partial charge is 0.496 e. The lowest BCUT2D eigenvalue weighted by molar-refractivity contribution is 0.408. The standard InChI is InChI=1S/C12H8F2NO/c1-16-12-7-11(14)10(13)6-9(12)8-2-4-15-5-3-8/h2,4-7H,1H3. The Morgan fingerprint density at radius 2 is 2.00 bits per heavy atom. The third-order valence-corrected chi connectivity index (χ3v) is 2.15. The molecule has 81 valence electrons. The van der Waals surface area contributed by atoms with Gasteiger partial charge in [0, 0.05) is 30.1 Å². The van der Waals surface area contributed by atoms with E-state index in [1.165, 1.54) is 13.3 Å². The molecule has 0 spiro atoms. The molecule has 0 amide bonds. The third kappa shape index (κ3) is 1.86. The molecule has 0 atom stereocenters. The normalized spacial score (nSPS) is 10.2. The molecule has 0 bridgehead atoms. The molecule has 0 aliphatic carbocycles. The number of hydrogen-bond donors (Lipinski definition) is 0. The van der Waals surface area contributed by atoms with Crippen LogP contribution in [0.1, 0.15) is 0 Å². The van der Waals surface area contributed by atoms with Gasteiger partial charge in [0.2, 0.25) is 0 Å². The summed E-state index contributed by atoms with van der Waals surface area (Å²) in [7, 11) is 1.40. The fraction of sp³-hybridized carbons (Fsp3) is 0.0833. The van der Waals surface area contributed by atoms with Gasteiger partial charge >= 0.3 is 0 Å². The Hall–Kier alpha value is -1.97. The van der Waals surface area contributed by atoms with Crippen molar-refractivity contribution in [2.24, 2.45) is 0 Å². The van der Waals surface area contributed by atoms with Gasteiger partial charge < -0.3 is 4.74 Å². The second-order valence-electron chi connectivity index (χ2n) is 3.12.